The van der Waals surface area contributed by atoms with E-state index in [9.17, 15) is 12.8 Å². The van der Waals surface area contributed by atoms with E-state index >= 15 is 0 Å². The molecule has 1 atom stereocenters. The van der Waals surface area contributed by atoms with Crippen LogP contribution in [0.1, 0.15) is 31.4 Å². The van der Waals surface area contributed by atoms with E-state index in [1.807, 2.05) is 0 Å². The van der Waals surface area contributed by atoms with Crippen LogP contribution < -0.4 is 11.3 Å². The van der Waals surface area contributed by atoms with Crippen molar-refractivity contribution in [3.63, 3.8) is 0 Å². The first-order chi connectivity index (χ1) is 8.89. The normalized spacial score (nSPS) is 13.5. The van der Waals surface area contributed by atoms with Gasteiger partial charge in [-0.3, -0.25) is 11.3 Å². The summed E-state index contributed by atoms with van der Waals surface area (Å²) in [5, 5.41) is 0. The molecule has 1 aromatic rings. The van der Waals surface area contributed by atoms with E-state index in [4.69, 9.17) is 5.84 Å². The third-order valence-electron chi connectivity index (χ3n) is 2.93. The number of nitrogens with one attached hydrogen (secondary N) is 1. The number of hydrogen-bond acceptors (Lipinski definition) is 4. The van der Waals surface area contributed by atoms with Crippen LogP contribution in [0, 0.1) is 5.82 Å². The molecule has 0 bridgehead atoms. The van der Waals surface area contributed by atoms with Gasteiger partial charge in [-0.1, -0.05) is 28.9 Å². The van der Waals surface area contributed by atoms with Crippen molar-refractivity contribution in [2.75, 3.05) is 11.5 Å². The largest absolute Gasteiger partial charge is 0.271 e. The van der Waals surface area contributed by atoms with Crippen molar-refractivity contribution in [3.05, 3.63) is 34.1 Å². The van der Waals surface area contributed by atoms with E-state index in [2.05, 4.69) is 21.4 Å². The molecule has 108 valence electrons. The lowest BCUT2D eigenvalue weighted by atomic mass is 10.0. The van der Waals surface area contributed by atoms with E-state index < -0.39 is 9.84 Å². The van der Waals surface area contributed by atoms with Crippen LogP contribution >= 0.6 is 15.9 Å². The van der Waals surface area contributed by atoms with Gasteiger partial charge in [-0.25, -0.2) is 12.8 Å². The second-order valence-corrected chi connectivity index (χ2v) is 7.59. The summed E-state index contributed by atoms with van der Waals surface area (Å²) in [6, 6.07) is 4.15. The Bertz CT molecular complexity index is 522. The van der Waals surface area contributed by atoms with Crippen LogP contribution in [0.5, 0.6) is 0 Å². The van der Waals surface area contributed by atoms with Gasteiger partial charge in [-0.15, -0.1) is 0 Å². The highest BCUT2D eigenvalue weighted by atomic mass is 79.9. The molecule has 0 fully saturated rings. The van der Waals surface area contributed by atoms with E-state index in [1.54, 1.807) is 13.0 Å². The number of halogens is 2. The van der Waals surface area contributed by atoms with Crippen LogP contribution in [0.15, 0.2) is 22.7 Å². The molecular weight excluding hydrogens is 335 g/mol. The number of sulfone groups is 1. The van der Waals surface area contributed by atoms with Crippen LogP contribution in [-0.2, 0) is 9.84 Å². The quantitative estimate of drug-likeness (QED) is 0.583. The molecule has 0 aliphatic heterocycles. The average molecular weight is 353 g/mol. The highest BCUT2D eigenvalue weighted by Crippen LogP contribution is 2.27. The standard InChI is InChI=1S/C12H18BrFN2O2S/c1-2-19(17,18)7-3-4-12(16-15)10-6-5-9(14)8-11(10)13/h5-6,8,12,16H,2-4,7,15H2,1H3. The molecule has 19 heavy (non-hydrogen) atoms. The molecule has 1 rings (SSSR count). The van der Waals surface area contributed by atoms with Crippen molar-refractivity contribution in [2.24, 2.45) is 5.84 Å². The summed E-state index contributed by atoms with van der Waals surface area (Å²) in [6.45, 7) is 1.63. The SMILES string of the molecule is CCS(=O)(=O)CCCC(NN)c1ccc(F)cc1Br. The molecular formula is C12H18BrFN2O2S. The summed E-state index contributed by atoms with van der Waals surface area (Å²) >= 11 is 3.28. The van der Waals surface area contributed by atoms with Crippen molar-refractivity contribution in [3.8, 4) is 0 Å². The van der Waals surface area contributed by atoms with Crippen LogP contribution in [0.2, 0.25) is 0 Å². The molecule has 0 heterocycles. The van der Waals surface area contributed by atoms with Crippen molar-refractivity contribution < 1.29 is 12.8 Å². The average Bonchev–Trinajstić information content (AvgIpc) is 2.36. The molecule has 1 aromatic carbocycles. The second kappa shape index (κ2) is 7.33. The van der Waals surface area contributed by atoms with Crippen LogP contribution in [0.25, 0.3) is 0 Å². The summed E-state index contributed by atoms with van der Waals surface area (Å²) in [5.41, 5.74) is 3.45. The van der Waals surface area contributed by atoms with Gasteiger partial charge < -0.3 is 0 Å². The Kier molecular flexibility index (Phi) is 6.38. The Morgan fingerprint density at radius 3 is 2.68 bits per heavy atom. The molecule has 0 saturated carbocycles. The fourth-order valence-electron chi connectivity index (χ4n) is 1.76. The fraction of sp³-hybridized carbons (Fsp3) is 0.500. The van der Waals surface area contributed by atoms with Gasteiger partial charge in [0.1, 0.15) is 15.7 Å². The molecule has 7 heteroatoms. The molecule has 0 spiro atoms. The first kappa shape index (κ1) is 16.6. The lowest BCUT2D eigenvalue weighted by Crippen LogP contribution is -2.28. The first-order valence-corrected chi connectivity index (χ1v) is 8.62. The Morgan fingerprint density at radius 1 is 1.47 bits per heavy atom. The van der Waals surface area contributed by atoms with Gasteiger partial charge in [0.15, 0.2) is 0 Å². The van der Waals surface area contributed by atoms with E-state index in [1.165, 1.54) is 12.1 Å². The highest BCUT2D eigenvalue weighted by molar-refractivity contribution is 9.10. The Hall–Kier alpha value is -0.500. The molecule has 0 aliphatic carbocycles. The van der Waals surface area contributed by atoms with Gasteiger partial charge >= 0.3 is 0 Å². The van der Waals surface area contributed by atoms with E-state index in [0.717, 1.165) is 5.56 Å². The van der Waals surface area contributed by atoms with E-state index in [0.29, 0.717) is 17.3 Å². The lowest BCUT2D eigenvalue weighted by molar-refractivity contribution is 0.504. The maximum Gasteiger partial charge on any atom is 0.150 e. The fourth-order valence-corrected chi connectivity index (χ4v) is 3.29. The predicted molar refractivity (Wildman–Crippen MR) is 77.7 cm³/mol. The Labute approximate surface area is 121 Å². The van der Waals surface area contributed by atoms with Gasteiger partial charge in [0.05, 0.1) is 5.75 Å². The zero-order chi connectivity index (χ0) is 14.5. The maximum atomic E-state index is 13.0. The van der Waals surface area contributed by atoms with Crippen molar-refractivity contribution in [1.29, 1.82) is 0 Å². The molecule has 3 N–H and O–H groups in total. The minimum Gasteiger partial charge on any atom is -0.271 e. The highest BCUT2D eigenvalue weighted by Gasteiger charge is 2.15. The molecule has 0 amide bonds. The van der Waals surface area contributed by atoms with Crippen molar-refractivity contribution in [2.45, 2.75) is 25.8 Å². The monoisotopic (exact) mass is 352 g/mol. The summed E-state index contributed by atoms with van der Waals surface area (Å²) in [6.07, 6.45) is 1.08. The smallest absolute Gasteiger partial charge is 0.150 e. The van der Waals surface area contributed by atoms with Crippen LogP contribution in [0.4, 0.5) is 4.39 Å². The maximum absolute atomic E-state index is 13.0. The summed E-state index contributed by atoms with van der Waals surface area (Å²) in [4.78, 5) is 0. The minimum atomic E-state index is -2.96. The molecule has 0 aromatic heterocycles. The van der Waals surface area contributed by atoms with E-state index in [-0.39, 0.29) is 23.4 Å². The zero-order valence-electron chi connectivity index (χ0n) is 10.7. The molecule has 4 nitrogen and oxygen atoms in total. The van der Waals surface area contributed by atoms with Gasteiger partial charge in [0, 0.05) is 16.3 Å². The van der Waals surface area contributed by atoms with Crippen LogP contribution in [-0.4, -0.2) is 19.9 Å². The summed E-state index contributed by atoms with van der Waals surface area (Å²) < 4.78 is 36.4. The number of benzene rings is 1. The van der Waals surface area contributed by atoms with Crippen molar-refractivity contribution in [1.82, 2.24) is 5.43 Å². The van der Waals surface area contributed by atoms with Crippen molar-refractivity contribution >= 4 is 25.8 Å². The lowest BCUT2D eigenvalue weighted by Gasteiger charge is -2.17. The second-order valence-electron chi connectivity index (χ2n) is 4.26. The number of rotatable bonds is 7. The first-order valence-electron chi connectivity index (χ1n) is 6.01. The Morgan fingerprint density at radius 2 is 2.16 bits per heavy atom. The third kappa shape index (κ3) is 5.18. The summed E-state index contributed by atoms with van der Waals surface area (Å²) in [7, 11) is -2.96. The topological polar surface area (TPSA) is 72.2 Å². The number of hydrazine groups is 1. The molecule has 0 radical (unpaired) electrons. The molecule has 1 unspecified atom stereocenters. The molecule has 0 saturated heterocycles. The van der Waals surface area contributed by atoms with Crippen LogP contribution in [0.3, 0.4) is 0 Å². The number of nitrogens with two attached hydrogens (primary N) is 1. The zero-order valence-corrected chi connectivity index (χ0v) is 13.1. The minimum absolute atomic E-state index is 0.139. The van der Waals surface area contributed by atoms with Gasteiger partial charge in [0.25, 0.3) is 0 Å². The summed E-state index contributed by atoms with van der Waals surface area (Å²) in [5.74, 6) is 5.43. The van der Waals surface area contributed by atoms with Gasteiger partial charge in [0.2, 0.25) is 0 Å². The predicted octanol–water partition coefficient (Wildman–Crippen LogP) is 2.31. The van der Waals surface area contributed by atoms with Gasteiger partial charge in [-0.2, -0.15) is 0 Å². The molecule has 0 aliphatic rings. The Balaban J connectivity index is 2.68. The third-order valence-corrected chi connectivity index (χ3v) is 5.40. The number of hydrogen-bond donors (Lipinski definition) is 2. The van der Waals surface area contributed by atoms with Gasteiger partial charge in [-0.05, 0) is 30.5 Å².